The van der Waals surface area contributed by atoms with E-state index in [1.54, 1.807) is 0 Å². The maximum Gasteiger partial charge on any atom is 0.296 e. The quantitative estimate of drug-likeness (QED) is 0.791. The second-order valence-electron chi connectivity index (χ2n) is 4.23. The van der Waals surface area contributed by atoms with Gasteiger partial charge in [-0.1, -0.05) is 13.8 Å². The predicted molar refractivity (Wildman–Crippen MR) is 54.1 cm³/mol. The van der Waals surface area contributed by atoms with Gasteiger partial charge in [-0.25, -0.2) is 0 Å². The van der Waals surface area contributed by atoms with Crippen LogP contribution in [0.5, 0.6) is 6.01 Å². The third kappa shape index (κ3) is 1.75. The monoisotopic (exact) mass is 195 g/mol. The first kappa shape index (κ1) is 9.52. The Morgan fingerprint density at radius 1 is 1.64 bits per heavy atom. The fraction of sp³-hybridized carbons (Fsp3) is 0.700. The Morgan fingerprint density at radius 3 is 3.07 bits per heavy atom. The van der Waals surface area contributed by atoms with Crippen LogP contribution in [0.15, 0.2) is 6.20 Å². The highest BCUT2D eigenvalue weighted by Crippen LogP contribution is 2.23. The molecule has 1 atom stereocenters. The molecule has 2 rings (SSSR count). The standard InChI is InChI=1S/C10H17N3O/c1-7(2)5-8(11)9-6-13-3-4-14-10(13)12-9/h6-8H,3-5,11H2,1-2H3. The van der Waals surface area contributed by atoms with Gasteiger partial charge in [0.15, 0.2) is 0 Å². The zero-order valence-electron chi connectivity index (χ0n) is 8.73. The van der Waals surface area contributed by atoms with Gasteiger partial charge in [-0.05, 0) is 12.3 Å². The second kappa shape index (κ2) is 3.61. The van der Waals surface area contributed by atoms with Crippen molar-refractivity contribution in [1.82, 2.24) is 9.55 Å². The van der Waals surface area contributed by atoms with Crippen LogP contribution in [0.1, 0.15) is 32.0 Å². The van der Waals surface area contributed by atoms with Gasteiger partial charge < -0.3 is 10.5 Å². The molecule has 0 aromatic carbocycles. The van der Waals surface area contributed by atoms with Crippen molar-refractivity contribution in [2.45, 2.75) is 32.9 Å². The molecule has 1 unspecified atom stereocenters. The van der Waals surface area contributed by atoms with E-state index in [4.69, 9.17) is 10.5 Å². The molecule has 1 aliphatic heterocycles. The van der Waals surface area contributed by atoms with E-state index in [-0.39, 0.29) is 6.04 Å². The van der Waals surface area contributed by atoms with Gasteiger partial charge in [0.2, 0.25) is 0 Å². The molecule has 0 fully saturated rings. The third-order valence-corrected chi connectivity index (χ3v) is 2.43. The SMILES string of the molecule is CC(C)CC(N)c1cn2c(n1)OCC2. The van der Waals surface area contributed by atoms with Crippen molar-refractivity contribution in [3.8, 4) is 6.01 Å². The Morgan fingerprint density at radius 2 is 2.43 bits per heavy atom. The largest absolute Gasteiger partial charge is 0.463 e. The maximum absolute atomic E-state index is 6.03. The van der Waals surface area contributed by atoms with Crippen LogP contribution < -0.4 is 10.5 Å². The van der Waals surface area contributed by atoms with Gasteiger partial charge in [0, 0.05) is 12.2 Å². The average Bonchev–Trinajstić information content (AvgIpc) is 2.58. The van der Waals surface area contributed by atoms with Gasteiger partial charge in [0.05, 0.1) is 12.2 Å². The van der Waals surface area contributed by atoms with Crippen LogP contribution in [-0.4, -0.2) is 16.2 Å². The van der Waals surface area contributed by atoms with Crippen molar-refractivity contribution in [2.24, 2.45) is 11.7 Å². The van der Waals surface area contributed by atoms with Crippen molar-refractivity contribution >= 4 is 0 Å². The number of imidazole rings is 1. The highest BCUT2D eigenvalue weighted by molar-refractivity contribution is 5.14. The number of ether oxygens (including phenoxy) is 1. The minimum atomic E-state index is 0.0386. The topological polar surface area (TPSA) is 53.1 Å². The van der Waals surface area contributed by atoms with Crippen LogP contribution in [0.3, 0.4) is 0 Å². The summed E-state index contributed by atoms with van der Waals surface area (Å²) >= 11 is 0. The summed E-state index contributed by atoms with van der Waals surface area (Å²) in [5.74, 6) is 0.599. The smallest absolute Gasteiger partial charge is 0.296 e. The Bertz CT molecular complexity index is 298. The third-order valence-electron chi connectivity index (χ3n) is 2.43. The zero-order valence-corrected chi connectivity index (χ0v) is 8.73. The molecule has 0 saturated heterocycles. The fourth-order valence-corrected chi connectivity index (χ4v) is 1.74. The summed E-state index contributed by atoms with van der Waals surface area (Å²) in [5.41, 5.74) is 6.98. The lowest BCUT2D eigenvalue weighted by molar-refractivity contribution is 0.343. The lowest BCUT2D eigenvalue weighted by Crippen LogP contribution is -2.13. The lowest BCUT2D eigenvalue weighted by Gasteiger charge is -2.10. The van der Waals surface area contributed by atoms with E-state index in [1.165, 1.54) is 0 Å². The van der Waals surface area contributed by atoms with E-state index in [0.717, 1.165) is 31.3 Å². The molecule has 2 N–H and O–H groups in total. The molecule has 0 bridgehead atoms. The summed E-state index contributed by atoms with van der Waals surface area (Å²) < 4.78 is 7.35. The van der Waals surface area contributed by atoms with Gasteiger partial charge >= 0.3 is 0 Å². The van der Waals surface area contributed by atoms with Crippen molar-refractivity contribution in [3.05, 3.63) is 11.9 Å². The minimum absolute atomic E-state index is 0.0386. The molecule has 2 heterocycles. The number of hydrogen-bond acceptors (Lipinski definition) is 3. The molecule has 14 heavy (non-hydrogen) atoms. The molecule has 0 spiro atoms. The summed E-state index contributed by atoms with van der Waals surface area (Å²) in [6.45, 7) is 5.97. The van der Waals surface area contributed by atoms with Crippen molar-refractivity contribution < 1.29 is 4.74 Å². The number of nitrogens with zero attached hydrogens (tertiary/aromatic N) is 2. The first-order valence-electron chi connectivity index (χ1n) is 5.12. The summed E-state index contributed by atoms with van der Waals surface area (Å²) in [6, 6.07) is 0.760. The Balaban J connectivity index is 2.09. The number of hydrogen-bond donors (Lipinski definition) is 1. The van der Waals surface area contributed by atoms with E-state index >= 15 is 0 Å². The van der Waals surface area contributed by atoms with E-state index in [0.29, 0.717) is 5.92 Å². The van der Waals surface area contributed by atoms with Crippen molar-refractivity contribution in [3.63, 3.8) is 0 Å². The molecule has 1 aromatic heterocycles. The Kier molecular flexibility index (Phi) is 2.46. The maximum atomic E-state index is 6.03. The van der Waals surface area contributed by atoms with Gasteiger partial charge in [-0.3, -0.25) is 4.57 Å². The minimum Gasteiger partial charge on any atom is -0.463 e. The highest BCUT2D eigenvalue weighted by Gasteiger charge is 2.18. The van der Waals surface area contributed by atoms with Crippen LogP contribution >= 0.6 is 0 Å². The van der Waals surface area contributed by atoms with Crippen LogP contribution in [0.4, 0.5) is 0 Å². The highest BCUT2D eigenvalue weighted by atomic mass is 16.5. The van der Waals surface area contributed by atoms with Crippen LogP contribution in [0.2, 0.25) is 0 Å². The van der Waals surface area contributed by atoms with Gasteiger partial charge in [0.1, 0.15) is 6.61 Å². The number of nitrogens with two attached hydrogens (primary N) is 1. The fourth-order valence-electron chi connectivity index (χ4n) is 1.74. The number of aromatic nitrogens is 2. The molecule has 78 valence electrons. The lowest BCUT2D eigenvalue weighted by atomic mass is 10.0. The molecule has 0 radical (unpaired) electrons. The van der Waals surface area contributed by atoms with Crippen LogP contribution in [0.25, 0.3) is 0 Å². The molecule has 0 amide bonds. The van der Waals surface area contributed by atoms with Crippen LogP contribution in [0, 0.1) is 5.92 Å². The molecule has 4 heteroatoms. The zero-order chi connectivity index (χ0) is 10.1. The molecular formula is C10H17N3O. The molecule has 0 saturated carbocycles. The molecular weight excluding hydrogens is 178 g/mol. The number of fused-ring (bicyclic) bond motifs is 1. The Hall–Kier alpha value is -1.03. The molecule has 1 aliphatic rings. The first-order chi connectivity index (χ1) is 6.66. The van der Waals surface area contributed by atoms with Crippen molar-refractivity contribution in [2.75, 3.05) is 6.61 Å². The average molecular weight is 195 g/mol. The van der Waals surface area contributed by atoms with E-state index < -0.39 is 0 Å². The van der Waals surface area contributed by atoms with Gasteiger partial charge in [-0.2, -0.15) is 4.98 Å². The second-order valence-corrected chi connectivity index (χ2v) is 4.23. The molecule has 0 aliphatic carbocycles. The van der Waals surface area contributed by atoms with Crippen molar-refractivity contribution in [1.29, 1.82) is 0 Å². The summed E-state index contributed by atoms with van der Waals surface area (Å²) in [5, 5.41) is 0. The van der Waals surface area contributed by atoms with E-state index in [1.807, 2.05) is 10.8 Å². The number of rotatable bonds is 3. The summed E-state index contributed by atoms with van der Waals surface area (Å²) in [7, 11) is 0. The predicted octanol–water partition coefficient (Wildman–Crippen LogP) is 1.32. The van der Waals surface area contributed by atoms with Crippen LogP contribution in [-0.2, 0) is 6.54 Å². The molecule has 4 nitrogen and oxygen atoms in total. The van der Waals surface area contributed by atoms with Gasteiger partial charge in [0.25, 0.3) is 6.01 Å². The molecule has 1 aromatic rings. The van der Waals surface area contributed by atoms with Gasteiger partial charge in [-0.15, -0.1) is 0 Å². The Labute approximate surface area is 84.1 Å². The normalized spacial score (nSPS) is 16.9. The summed E-state index contributed by atoms with van der Waals surface area (Å²) in [4.78, 5) is 4.36. The summed E-state index contributed by atoms with van der Waals surface area (Å²) in [6.07, 6.45) is 2.98. The van der Waals surface area contributed by atoms with E-state index in [9.17, 15) is 0 Å². The van der Waals surface area contributed by atoms with E-state index in [2.05, 4.69) is 18.8 Å². The first-order valence-corrected chi connectivity index (χ1v) is 5.12.